The summed E-state index contributed by atoms with van der Waals surface area (Å²) in [5, 5.41) is 9.27. The Morgan fingerprint density at radius 3 is 1.94 bits per heavy atom. The molecule has 0 aromatic carbocycles. The zero-order valence-electron chi connectivity index (χ0n) is 21.1. The molecule has 2 aliphatic rings. The summed E-state index contributed by atoms with van der Waals surface area (Å²) in [6.45, 7) is 14.3. The van der Waals surface area contributed by atoms with Gasteiger partial charge in [0.15, 0.2) is 19.5 Å². The summed E-state index contributed by atoms with van der Waals surface area (Å²) in [6, 6.07) is 2.63. The molecule has 1 saturated heterocycles. The maximum atomic E-state index is 9.27. The van der Waals surface area contributed by atoms with Crippen LogP contribution in [0.25, 0.3) is 0 Å². The molecule has 190 valence electrons. The Morgan fingerprint density at radius 2 is 1.41 bits per heavy atom. The van der Waals surface area contributed by atoms with E-state index in [2.05, 4.69) is 23.6 Å². The fourth-order valence-corrected chi connectivity index (χ4v) is 6.98. The lowest BCUT2D eigenvalue weighted by atomic mass is 9.80. The highest BCUT2D eigenvalue weighted by Gasteiger charge is 2.29. The van der Waals surface area contributed by atoms with Crippen LogP contribution in [0.15, 0.2) is 0 Å². The molecule has 0 aromatic rings. The van der Waals surface area contributed by atoms with Gasteiger partial charge < -0.3 is 28.5 Å². The molecule has 2 rings (SSSR count). The summed E-state index contributed by atoms with van der Waals surface area (Å²) >= 11 is 0. The van der Waals surface area contributed by atoms with Crippen molar-refractivity contribution in [1.29, 1.82) is 0 Å². The molecule has 0 radical (unpaired) electrons. The van der Waals surface area contributed by atoms with Crippen molar-refractivity contribution in [3.05, 3.63) is 0 Å². The van der Waals surface area contributed by atoms with Crippen LogP contribution in [0.3, 0.4) is 0 Å². The van der Waals surface area contributed by atoms with Crippen LogP contribution in [0.5, 0.6) is 0 Å². The number of hydrogen-bond donors (Lipinski definition) is 1. The molecular weight excluding hydrogens is 436 g/mol. The maximum Gasteiger partial charge on any atom is 0.161 e. The molecular formula is C24H52N2O4Si2. The van der Waals surface area contributed by atoms with Crippen molar-refractivity contribution in [3.8, 4) is 0 Å². The average molecular weight is 489 g/mol. The third-order valence-corrected chi connectivity index (χ3v) is 9.83. The highest BCUT2D eigenvalue weighted by molar-refractivity contribution is 6.27. The number of hydrogen-bond acceptors (Lipinski definition) is 6. The first-order valence-corrected chi connectivity index (χ1v) is 16.7. The predicted octanol–water partition coefficient (Wildman–Crippen LogP) is 2.04. The minimum absolute atomic E-state index is 0.294. The number of aliphatic hydroxyl groups is 1. The number of ether oxygens (including phenoxy) is 1. The van der Waals surface area contributed by atoms with E-state index in [4.69, 9.17) is 13.6 Å². The van der Waals surface area contributed by atoms with E-state index in [1.165, 1.54) is 76.8 Å². The Hall–Kier alpha value is 0.194. The van der Waals surface area contributed by atoms with E-state index in [0.29, 0.717) is 12.7 Å². The largest absolute Gasteiger partial charge is 0.424 e. The van der Waals surface area contributed by atoms with Crippen molar-refractivity contribution in [2.75, 3.05) is 65.7 Å². The number of epoxide rings is 1. The van der Waals surface area contributed by atoms with Gasteiger partial charge in [-0.15, -0.1) is 0 Å². The second-order valence-electron chi connectivity index (χ2n) is 9.80. The smallest absolute Gasteiger partial charge is 0.161 e. The summed E-state index contributed by atoms with van der Waals surface area (Å²) in [5.41, 5.74) is 0. The highest BCUT2D eigenvalue weighted by Crippen LogP contribution is 2.31. The van der Waals surface area contributed by atoms with Gasteiger partial charge in [0, 0.05) is 46.0 Å². The lowest BCUT2D eigenvalue weighted by molar-refractivity contribution is 0.131. The van der Waals surface area contributed by atoms with Gasteiger partial charge in [-0.25, -0.2) is 0 Å². The monoisotopic (exact) mass is 488 g/mol. The van der Waals surface area contributed by atoms with Crippen LogP contribution in [-0.2, 0) is 13.6 Å². The van der Waals surface area contributed by atoms with E-state index in [1.54, 1.807) is 0 Å². The Labute approximate surface area is 202 Å². The molecule has 3 atom stereocenters. The third kappa shape index (κ3) is 13.8. The second-order valence-corrected chi connectivity index (χ2v) is 12.8. The molecule has 1 aliphatic carbocycles. The number of nitrogens with zero attached hydrogens (tertiary/aromatic N) is 2. The summed E-state index contributed by atoms with van der Waals surface area (Å²) < 4.78 is 16.8. The molecule has 1 heterocycles. The first kappa shape index (κ1) is 28.4. The van der Waals surface area contributed by atoms with Gasteiger partial charge in [-0.2, -0.15) is 0 Å². The van der Waals surface area contributed by atoms with Gasteiger partial charge in [0.05, 0.1) is 12.7 Å². The summed E-state index contributed by atoms with van der Waals surface area (Å²) in [6.07, 6.45) is 9.47. The van der Waals surface area contributed by atoms with Gasteiger partial charge in [-0.05, 0) is 89.4 Å². The summed E-state index contributed by atoms with van der Waals surface area (Å²) in [4.78, 5) is 5.34. The minimum Gasteiger partial charge on any atom is -0.424 e. The Balaban J connectivity index is 1.76. The zero-order valence-corrected chi connectivity index (χ0v) is 24.0. The van der Waals surface area contributed by atoms with Crippen LogP contribution in [0.4, 0.5) is 0 Å². The van der Waals surface area contributed by atoms with E-state index in [1.807, 2.05) is 0 Å². The van der Waals surface area contributed by atoms with Crippen molar-refractivity contribution in [1.82, 2.24) is 9.80 Å². The van der Waals surface area contributed by atoms with Gasteiger partial charge in [0.1, 0.15) is 0 Å². The topological polar surface area (TPSA) is 57.7 Å². The number of aliphatic hydroxyl groups excluding tert-OH is 1. The molecule has 0 bridgehead atoms. The lowest BCUT2D eigenvalue weighted by Gasteiger charge is -2.36. The highest BCUT2D eigenvalue weighted by atomic mass is 28.2. The molecule has 1 N–H and O–H groups in total. The Kier molecular flexibility index (Phi) is 16.4. The first-order valence-electron chi connectivity index (χ1n) is 13.6. The molecule has 0 aromatic heterocycles. The minimum atomic E-state index is -0.299. The van der Waals surface area contributed by atoms with Crippen LogP contribution in [0.2, 0.25) is 12.1 Å². The fraction of sp³-hybridized carbons (Fsp3) is 1.00. The van der Waals surface area contributed by atoms with Gasteiger partial charge in [0.2, 0.25) is 0 Å². The van der Waals surface area contributed by atoms with Gasteiger partial charge in [-0.1, -0.05) is 6.42 Å². The van der Waals surface area contributed by atoms with Crippen molar-refractivity contribution >= 4 is 19.5 Å². The molecule has 0 spiro atoms. The predicted molar refractivity (Wildman–Crippen MR) is 139 cm³/mol. The molecule has 32 heavy (non-hydrogen) atoms. The van der Waals surface area contributed by atoms with E-state index in [9.17, 15) is 5.11 Å². The standard InChI is InChI=1S/C24H52N2O4Si2/c1-3-29-31-15-7-12-25(13-8-16-32-30-4-2)18-22-9-5-10-23(17-22)19-26(11-6-14-27)20-24-21-28-24/h22-24,27H,3-21,31-32H2,1-2H3. The van der Waals surface area contributed by atoms with Crippen molar-refractivity contribution in [2.24, 2.45) is 11.8 Å². The van der Waals surface area contributed by atoms with Crippen LogP contribution < -0.4 is 0 Å². The first-order chi connectivity index (χ1) is 15.7. The van der Waals surface area contributed by atoms with Gasteiger partial charge in [0.25, 0.3) is 0 Å². The third-order valence-electron chi connectivity index (χ3n) is 6.86. The molecule has 2 fully saturated rings. The van der Waals surface area contributed by atoms with Crippen molar-refractivity contribution < 1.29 is 18.7 Å². The van der Waals surface area contributed by atoms with Crippen LogP contribution in [0.1, 0.15) is 58.8 Å². The van der Waals surface area contributed by atoms with E-state index in [0.717, 1.165) is 51.2 Å². The SMILES string of the molecule is CCO[SiH2]CCCN(CCC[SiH2]OCC)CC1CCCC(CN(CCCO)CC2CO2)C1. The summed E-state index contributed by atoms with van der Waals surface area (Å²) in [5.74, 6) is 1.66. The number of rotatable bonds is 21. The Bertz CT molecular complexity index is 432. The molecule has 8 heteroatoms. The molecule has 0 amide bonds. The van der Waals surface area contributed by atoms with Gasteiger partial charge >= 0.3 is 0 Å². The molecule has 1 aliphatic heterocycles. The zero-order chi connectivity index (χ0) is 22.9. The quantitative estimate of drug-likeness (QED) is 0.152. The molecule has 1 saturated carbocycles. The lowest BCUT2D eigenvalue weighted by Crippen LogP contribution is -2.38. The molecule has 3 unspecified atom stereocenters. The second kappa shape index (κ2) is 18.5. The Morgan fingerprint density at radius 1 is 0.844 bits per heavy atom. The van der Waals surface area contributed by atoms with Crippen LogP contribution in [-0.4, -0.2) is 106 Å². The summed E-state index contributed by atoms with van der Waals surface area (Å²) in [7, 11) is -0.599. The van der Waals surface area contributed by atoms with Crippen LogP contribution >= 0.6 is 0 Å². The van der Waals surface area contributed by atoms with Crippen LogP contribution in [0, 0.1) is 11.8 Å². The molecule has 6 nitrogen and oxygen atoms in total. The van der Waals surface area contributed by atoms with Gasteiger partial charge in [-0.3, -0.25) is 0 Å². The fourth-order valence-electron chi connectivity index (χ4n) is 5.14. The van der Waals surface area contributed by atoms with E-state index in [-0.39, 0.29) is 19.5 Å². The van der Waals surface area contributed by atoms with Crippen molar-refractivity contribution in [2.45, 2.75) is 77.0 Å². The van der Waals surface area contributed by atoms with E-state index >= 15 is 0 Å². The normalized spacial score (nSPS) is 24.1. The average Bonchev–Trinajstić information content (AvgIpc) is 3.61. The van der Waals surface area contributed by atoms with Crippen molar-refractivity contribution in [3.63, 3.8) is 0 Å². The maximum absolute atomic E-state index is 9.27. The van der Waals surface area contributed by atoms with E-state index < -0.39 is 0 Å².